The number of likely N-dealkylation sites (tertiary alicyclic amines) is 1. The van der Waals surface area contributed by atoms with Crippen molar-refractivity contribution in [2.75, 3.05) is 64.6 Å². The zero-order valence-corrected chi connectivity index (χ0v) is 55.1. The van der Waals surface area contributed by atoms with Gasteiger partial charge in [-0.3, -0.25) is 23.8 Å². The summed E-state index contributed by atoms with van der Waals surface area (Å²) in [6, 6.07) is 61.8. The summed E-state index contributed by atoms with van der Waals surface area (Å²) in [4.78, 5) is 53.9. The molecular weight excluding hydrogens is 1230 g/mol. The number of esters is 1. The lowest BCUT2D eigenvalue weighted by Crippen LogP contribution is -2.37. The maximum Gasteiger partial charge on any atom is 0.328 e. The second-order valence-corrected chi connectivity index (χ2v) is 26.8. The van der Waals surface area contributed by atoms with Gasteiger partial charge in [0, 0.05) is 82.5 Å². The molecule has 1 unspecified atom stereocenters. The Morgan fingerprint density at radius 2 is 1.03 bits per heavy atom. The fraction of sp³-hybridized carbons (Fsp3) is 0.288. The van der Waals surface area contributed by atoms with Gasteiger partial charge in [-0.25, -0.2) is 21.6 Å². The summed E-state index contributed by atoms with van der Waals surface area (Å²) >= 11 is 0. The van der Waals surface area contributed by atoms with E-state index >= 15 is 0 Å². The number of carbonyl (C=O) groups is 4. The van der Waals surface area contributed by atoms with E-state index in [1.165, 1.54) is 0 Å². The molecule has 0 saturated carbocycles. The second kappa shape index (κ2) is 33.1. The molecular formula is C73H81N7O12S2. The summed E-state index contributed by atoms with van der Waals surface area (Å²) in [6.45, 7) is 8.50. The maximum atomic E-state index is 12.3. The van der Waals surface area contributed by atoms with E-state index in [2.05, 4.69) is 54.1 Å². The first-order valence-electron chi connectivity index (χ1n) is 31.3. The maximum absolute atomic E-state index is 12.3. The quantitative estimate of drug-likeness (QED) is 0.0242. The first-order valence-corrected chi connectivity index (χ1v) is 35.1. The number of hydrogen-bond donors (Lipinski definition) is 4. The third kappa shape index (κ3) is 21.6. The van der Waals surface area contributed by atoms with Gasteiger partial charge in [0.05, 0.1) is 30.5 Å². The van der Waals surface area contributed by atoms with E-state index in [4.69, 9.17) is 18.9 Å². The largest absolute Gasteiger partial charge is 0.484 e. The zero-order valence-electron chi connectivity index (χ0n) is 53.4. The van der Waals surface area contributed by atoms with Crippen LogP contribution in [0.5, 0.6) is 28.7 Å². The molecule has 2 heterocycles. The summed E-state index contributed by atoms with van der Waals surface area (Å²) in [5.74, 6) is 2.64. The molecule has 0 radical (unpaired) electrons. The van der Waals surface area contributed by atoms with Crippen molar-refractivity contribution in [3.63, 3.8) is 0 Å². The van der Waals surface area contributed by atoms with Crippen molar-refractivity contribution in [2.24, 2.45) is 0 Å². The van der Waals surface area contributed by atoms with Gasteiger partial charge in [0.15, 0.2) is 6.61 Å². The van der Waals surface area contributed by atoms with E-state index in [1.807, 2.05) is 158 Å². The number of amides is 3. The van der Waals surface area contributed by atoms with Crippen LogP contribution in [0.3, 0.4) is 0 Å². The number of nitrogens with zero attached hydrogens (tertiary/aromatic N) is 3. The van der Waals surface area contributed by atoms with Crippen molar-refractivity contribution in [1.29, 1.82) is 0 Å². The van der Waals surface area contributed by atoms with Crippen molar-refractivity contribution in [3.05, 3.63) is 233 Å². The van der Waals surface area contributed by atoms with Gasteiger partial charge in [0.25, 0.3) is 5.91 Å². The molecule has 0 bridgehead atoms. The van der Waals surface area contributed by atoms with Gasteiger partial charge >= 0.3 is 5.97 Å². The third-order valence-electron chi connectivity index (χ3n) is 15.7. The molecule has 19 nitrogen and oxygen atoms in total. The molecule has 0 aromatic heterocycles. The van der Waals surface area contributed by atoms with Gasteiger partial charge < -0.3 is 44.3 Å². The van der Waals surface area contributed by atoms with Crippen LogP contribution in [-0.2, 0) is 76.6 Å². The average Bonchev–Trinajstić information content (AvgIpc) is 1.32. The normalized spacial score (nSPS) is 13.6. The number of cyclic esters (lactones) is 1. The van der Waals surface area contributed by atoms with Crippen LogP contribution in [0, 0.1) is 13.8 Å². The highest BCUT2D eigenvalue weighted by atomic mass is 32.2. The minimum atomic E-state index is -3.43. The van der Waals surface area contributed by atoms with Crippen LogP contribution in [0.25, 0.3) is 0 Å². The Hall–Kier alpha value is -9.86. The number of rotatable bonds is 30. The predicted octanol–water partition coefficient (Wildman–Crippen LogP) is 12.0. The molecule has 94 heavy (non-hydrogen) atoms. The Morgan fingerprint density at radius 3 is 1.51 bits per heavy atom. The molecule has 2 saturated heterocycles. The molecule has 0 spiro atoms. The molecule has 2 aliphatic heterocycles. The van der Waals surface area contributed by atoms with Crippen molar-refractivity contribution in [1.82, 2.24) is 15.5 Å². The summed E-state index contributed by atoms with van der Waals surface area (Å²) in [5, 5.41) is 5.58. The van der Waals surface area contributed by atoms with Crippen LogP contribution < -0.4 is 44.1 Å². The molecule has 2 fully saturated rings. The lowest BCUT2D eigenvalue weighted by atomic mass is 10.1. The fourth-order valence-electron chi connectivity index (χ4n) is 11.0. The topological polar surface area (TPSA) is 231 Å². The molecule has 4 N–H and O–H groups in total. The summed E-state index contributed by atoms with van der Waals surface area (Å²) in [7, 11) is -6.84. The number of anilines is 4. The van der Waals surface area contributed by atoms with Gasteiger partial charge in [-0.2, -0.15) is 0 Å². The van der Waals surface area contributed by atoms with Crippen LogP contribution in [0.2, 0.25) is 0 Å². The van der Waals surface area contributed by atoms with Crippen molar-refractivity contribution in [3.8, 4) is 28.7 Å². The first kappa shape index (κ1) is 68.5. The van der Waals surface area contributed by atoms with Gasteiger partial charge in [0.1, 0.15) is 34.8 Å². The molecule has 0 aliphatic carbocycles. The average molecular weight is 1310 g/mol. The lowest BCUT2D eigenvalue weighted by molar-refractivity contribution is -0.141. The summed E-state index contributed by atoms with van der Waals surface area (Å²) < 4.78 is 75.9. The third-order valence-corrected chi connectivity index (χ3v) is 16.9. The standard InChI is InChI=1S/C37H42N4O6S.C36H39N3O6S/c1-28-34(39-48(2,44)45)14-7-15-35(28)41(25-29-10-4-3-5-11-29)26-30-17-19-31(20-18-30)47-33-13-6-12-32(24-33)46-27-36(42)38-21-9-23-40-22-8-16-37(40)43;1-26-32(38-46(2,42)43)11-7-12-34(26)39(24-28-8-4-3-5-9-28)25-29-16-20-31(21-17-29)45-30-18-14-27(15-19-30)10-6-13-35(40)37-33-22-23-44-36(33)41/h3-7,10-15,17-20,24,39H,8-9,16,21-23,25-27H2,1-2H3,(H,38,42);3-5,7-9,11-12,14-21,33,38H,6,10,13,22-25H2,1-2H3,(H,37,40). The van der Waals surface area contributed by atoms with Crippen LogP contribution in [0.15, 0.2) is 194 Å². The fourth-order valence-corrected chi connectivity index (χ4v) is 12.2. The minimum Gasteiger partial charge on any atom is -0.484 e. The number of ether oxygens (including phenoxy) is 4. The molecule has 10 rings (SSSR count). The molecule has 8 aromatic rings. The number of nitrogens with one attached hydrogen (secondary N) is 4. The SMILES string of the molecule is Cc1c(NS(C)(=O)=O)cccc1N(Cc1ccccc1)Cc1ccc(Oc2ccc(CCCC(=O)NC3CCOC3=O)cc2)cc1.Cc1c(NS(C)(=O)=O)cccc1N(Cc1ccccc1)Cc1ccc(Oc2cccc(OCC(=O)NCCCN3CCCC3=O)c2)cc1. The van der Waals surface area contributed by atoms with Crippen LogP contribution >= 0.6 is 0 Å². The van der Waals surface area contributed by atoms with Gasteiger partial charge in [-0.1, -0.05) is 115 Å². The predicted molar refractivity (Wildman–Crippen MR) is 367 cm³/mol. The van der Waals surface area contributed by atoms with Crippen LogP contribution in [0.4, 0.5) is 22.7 Å². The van der Waals surface area contributed by atoms with Crippen molar-refractivity contribution < 1.29 is 55.0 Å². The van der Waals surface area contributed by atoms with E-state index < -0.39 is 26.1 Å². The highest BCUT2D eigenvalue weighted by Gasteiger charge is 2.28. The number of carbonyl (C=O) groups excluding carboxylic acids is 4. The number of sulfonamides is 2. The Morgan fingerprint density at radius 1 is 0.553 bits per heavy atom. The zero-order chi connectivity index (χ0) is 66.5. The Balaban J connectivity index is 0.000000222. The van der Waals surface area contributed by atoms with E-state index in [1.54, 1.807) is 30.3 Å². The Labute approximate surface area is 551 Å². The summed E-state index contributed by atoms with van der Waals surface area (Å²) in [6.07, 6.45) is 6.83. The lowest BCUT2D eigenvalue weighted by Gasteiger charge is -2.28. The van der Waals surface area contributed by atoms with Gasteiger partial charge in [0.2, 0.25) is 31.9 Å². The van der Waals surface area contributed by atoms with Gasteiger partial charge in [-0.15, -0.1) is 0 Å². The second-order valence-electron chi connectivity index (χ2n) is 23.3. The molecule has 492 valence electrons. The smallest absolute Gasteiger partial charge is 0.328 e. The van der Waals surface area contributed by atoms with Crippen molar-refractivity contribution >= 4 is 66.5 Å². The molecule has 21 heteroatoms. The number of hydrogen-bond acceptors (Lipinski definition) is 14. The number of benzene rings is 8. The van der Waals surface area contributed by atoms with E-state index in [-0.39, 0.29) is 30.3 Å². The van der Waals surface area contributed by atoms with E-state index in [9.17, 15) is 36.0 Å². The summed E-state index contributed by atoms with van der Waals surface area (Å²) in [5.41, 5.74) is 10.2. The van der Waals surface area contributed by atoms with Crippen LogP contribution in [0.1, 0.15) is 77.5 Å². The molecule has 3 amide bonds. The van der Waals surface area contributed by atoms with E-state index in [0.717, 1.165) is 82.2 Å². The molecule has 2 aliphatic rings. The minimum absolute atomic E-state index is 0.118. The number of aryl methyl sites for hydroxylation is 1. The first-order chi connectivity index (χ1) is 45.3. The molecule has 8 aromatic carbocycles. The highest BCUT2D eigenvalue weighted by Crippen LogP contribution is 2.34. The van der Waals surface area contributed by atoms with Gasteiger partial charge in [-0.05, 0) is 151 Å². The van der Waals surface area contributed by atoms with E-state index in [0.29, 0.717) is 118 Å². The Kier molecular flexibility index (Phi) is 24.1. The van der Waals surface area contributed by atoms with Crippen molar-refractivity contribution in [2.45, 2.75) is 91.0 Å². The highest BCUT2D eigenvalue weighted by molar-refractivity contribution is 7.92. The molecule has 1 atom stereocenters. The monoisotopic (exact) mass is 1310 g/mol. The Bertz CT molecular complexity index is 4070. The van der Waals surface area contributed by atoms with Crippen LogP contribution in [-0.4, -0.2) is 96.8 Å².